The molecule has 0 aliphatic heterocycles. The van der Waals surface area contributed by atoms with E-state index in [1.54, 1.807) is 31.4 Å². The average Bonchev–Trinajstić information content (AvgIpc) is 3.10. The molecule has 8 nitrogen and oxygen atoms in total. The Labute approximate surface area is 146 Å². The van der Waals surface area contributed by atoms with E-state index < -0.39 is 4.92 Å². The second-order valence-corrected chi connectivity index (χ2v) is 5.80. The van der Waals surface area contributed by atoms with Gasteiger partial charge >= 0.3 is 0 Å². The monoisotopic (exact) mass is 357 g/mol. The molecule has 0 N–H and O–H groups in total. The van der Waals surface area contributed by atoms with Gasteiger partial charge in [0.05, 0.1) is 16.9 Å². The van der Waals surface area contributed by atoms with Crippen molar-refractivity contribution in [3.8, 4) is 17.2 Å². The predicted molar refractivity (Wildman–Crippen MR) is 88.9 cm³/mol. The molecule has 2 aromatic carbocycles. The summed E-state index contributed by atoms with van der Waals surface area (Å²) < 4.78 is 10.6. The Morgan fingerprint density at radius 2 is 1.96 bits per heavy atom. The number of nitro groups is 1. The number of nitro benzene ring substituents is 1. The number of benzene rings is 2. The van der Waals surface area contributed by atoms with Crippen molar-refractivity contribution in [1.29, 1.82) is 0 Å². The molecule has 0 bridgehead atoms. The van der Waals surface area contributed by atoms with Gasteiger partial charge in [-0.25, -0.2) is 0 Å². The van der Waals surface area contributed by atoms with Crippen molar-refractivity contribution in [3.63, 3.8) is 0 Å². The van der Waals surface area contributed by atoms with Gasteiger partial charge in [0, 0.05) is 17.2 Å². The Bertz CT molecular complexity index is 924. The molecule has 1 heterocycles. The van der Waals surface area contributed by atoms with Crippen LogP contribution in [0, 0.1) is 10.1 Å². The molecule has 3 aromatic rings. The summed E-state index contributed by atoms with van der Waals surface area (Å²) in [7, 11) is 1.57. The second-order valence-electron chi connectivity index (χ2n) is 4.81. The fourth-order valence-corrected chi connectivity index (χ4v) is 2.80. The molecule has 9 heteroatoms. The van der Waals surface area contributed by atoms with Crippen molar-refractivity contribution in [3.05, 3.63) is 58.1 Å². The van der Waals surface area contributed by atoms with E-state index >= 15 is 0 Å². The highest BCUT2D eigenvalue weighted by atomic mass is 32.2. The van der Waals surface area contributed by atoms with Crippen LogP contribution in [0.2, 0.25) is 0 Å². The SMILES string of the molecule is COc1ccc(-c2nnc(Sc3ccc(C=O)cc3[N+](=O)[O-])o2)cc1. The van der Waals surface area contributed by atoms with Crippen molar-refractivity contribution < 1.29 is 18.9 Å². The van der Waals surface area contributed by atoms with E-state index in [1.165, 1.54) is 18.2 Å². The maximum absolute atomic E-state index is 11.2. The molecule has 25 heavy (non-hydrogen) atoms. The van der Waals surface area contributed by atoms with Crippen LogP contribution in [-0.4, -0.2) is 28.5 Å². The topological polar surface area (TPSA) is 108 Å². The third kappa shape index (κ3) is 3.66. The van der Waals surface area contributed by atoms with Gasteiger partial charge in [0.15, 0.2) is 0 Å². The molecule has 0 spiro atoms. The molecule has 3 rings (SSSR count). The minimum Gasteiger partial charge on any atom is -0.497 e. The predicted octanol–water partition coefficient (Wildman–Crippen LogP) is 3.62. The lowest BCUT2D eigenvalue weighted by atomic mass is 10.2. The summed E-state index contributed by atoms with van der Waals surface area (Å²) in [6.07, 6.45) is 0.552. The van der Waals surface area contributed by atoms with Gasteiger partial charge < -0.3 is 9.15 Å². The molecule has 0 radical (unpaired) electrons. The number of hydrogen-bond donors (Lipinski definition) is 0. The van der Waals surface area contributed by atoms with Gasteiger partial charge in [0.2, 0.25) is 5.89 Å². The Morgan fingerprint density at radius 3 is 2.60 bits per heavy atom. The molecule has 0 atom stereocenters. The summed E-state index contributed by atoms with van der Waals surface area (Å²) in [5, 5.41) is 19.2. The first-order valence-electron chi connectivity index (χ1n) is 7.00. The van der Waals surface area contributed by atoms with Crippen LogP contribution >= 0.6 is 11.8 Å². The second kappa shape index (κ2) is 7.14. The third-order valence-corrected chi connectivity index (χ3v) is 4.16. The van der Waals surface area contributed by atoms with Crippen LogP contribution in [-0.2, 0) is 0 Å². The van der Waals surface area contributed by atoms with Crippen molar-refractivity contribution in [2.24, 2.45) is 0 Å². The maximum Gasteiger partial charge on any atom is 0.284 e. The number of nitrogens with zero attached hydrogens (tertiary/aromatic N) is 3. The fourth-order valence-electron chi connectivity index (χ4n) is 2.03. The molecule has 0 amide bonds. The number of methoxy groups -OCH3 is 1. The zero-order chi connectivity index (χ0) is 17.8. The fraction of sp³-hybridized carbons (Fsp3) is 0.0625. The first-order valence-corrected chi connectivity index (χ1v) is 7.82. The number of ether oxygens (including phenoxy) is 1. The zero-order valence-electron chi connectivity index (χ0n) is 12.9. The molecular weight excluding hydrogens is 346 g/mol. The smallest absolute Gasteiger partial charge is 0.284 e. The lowest BCUT2D eigenvalue weighted by Crippen LogP contribution is -1.93. The van der Waals surface area contributed by atoms with E-state index in [0.717, 1.165) is 11.8 Å². The lowest BCUT2D eigenvalue weighted by molar-refractivity contribution is -0.387. The van der Waals surface area contributed by atoms with Gasteiger partial charge in [0.25, 0.3) is 10.9 Å². The Kier molecular flexibility index (Phi) is 4.75. The van der Waals surface area contributed by atoms with E-state index in [-0.39, 0.29) is 22.4 Å². The van der Waals surface area contributed by atoms with Crippen molar-refractivity contribution in [2.45, 2.75) is 10.1 Å². The van der Waals surface area contributed by atoms with Gasteiger partial charge in [-0.15, -0.1) is 10.2 Å². The van der Waals surface area contributed by atoms with E-state index in [2.05, 4.69) is 10.2 Å². The normalized spacial score (nSPS) is 10.4. The lowest BCUT2D eigenvalue weighted by Gasteiger charge is -2.00. The molecule has 0 aliphatic rings. The number of aromatic nitrogens is 2. The van der Waals surface area contributed by atoms with Crippen LogP contribution in [0.5, 0.6) is 5.75 Å². The van der Waals surface area contributed by atoms with Crippen LogP contribution < -0.4 is 4.74 Å². The van der Waals surface area contributed by atoms with E-state index in [0.29, 0.717) is 22.5 Å². The molecule has 0 unspecified atom stereocenters. The number of hydrogen-bond acceptors (Lipinski definition) is 8. The number of carbonyl (C=O) groups is 1. The van der Waals surface area contributed by atoms with E-state index in [1.807, 2.05) is 0 Å². The Morgan fingerprint density at radius 1 is 1.20 bits per heavy atom. The molecular formula is C16H11N3O5S. The summed E-state index contributed by atoms with van der Waals surface area (Å²) in [6, 6.07) is 11.2. The third-order valence-electron chi connectivity index (χ3n) is 3.26. The van der Waals surface area contributed by atoms with Crippen LogP contribution in [0.15, 0.2) is 57.0 Å². The first kappa shape index (κ1) is 16.7. The van der Waals surface area contributed by atoms with Crippen molar-refractivity contribution in [1.82, 2.24) is 10.2 Å². The minimum absolute atomic E-state index is 0.160. The number of carbonyl (C=O) groups excluding carboxylic acids is 1. The van der Waals surface area contributed by atoms with E-state index in [9.17, 15) is 14.9 Å². The zero-order valence-corrected chi connectivity index (χ0v) is 13.7. The molecule has 0 fully saturated rings. The number of rotatable bonds is 6. The molecule has 1 aromatic heterocycles. The van der Waals surface area contributed by atoms with Gasteiger partial charge in [-0.05, 0) is 42.1 Å². The summed E-state index contributed by atoms with van der Waals surface area (Å²) in [4.78, 5) is 21.7. The molecule has 0 aliphatic carbocycles. The molecule has 126 valence electrons. The number of aldehydes is 1. The Hall–Kier alpha value is -3.20. The molecule has 0 saturated heterocycles. The quantitative estimate of drug-likeness (QED) is 0.374. The van der Waals surface area contributed by atoms with Gasteiger partial charge in [0.1, 0.15) is 12.0 Å². The first-order chi connectivity index (χ1) is 12.1. The van der Waals surface area contributed by atoms with Crippen molar-refractivity contribution >= 4 is 23.7 Å². The standard InChI is InChI=1S/C16H11N3O5S/c1-23-12-5-3-11(4-6-12)15-17-18-16(24-15)25-14-7-2-10(9-20)8-13(14)19(21)22/h2-9H,1H3. The van der Waals surface area contributed by atoms with Crippen LogP contribution in [0.4, 0.5) is 5.69 Å². The van der Waals surface area contributed by atoms with Crippen LogP contribution in [0.3, 0.4) is 0 Å². The summed E-state index contributed by atoms with van der Waals surface area (Å²) in [5.41, 5.74) is 0.727. The van der Waals surface area contributed by atoms with Gasteiger partial charge in [-0.3, -0.25) is 14.9 Å². The van der Waals surface area contributed by atoms with E-state index in [4.69, 9.17) is 9.15 Å². The van der Waals surface area contributed by atoms with Crippen molar-refractivity contribution in [2.75, 3.05) is 7.11 Å². The highest BCUT2D eigenvalue weighted by Gasteiger charge is 2.19. The highest BCUT2D eigenvalue weighted by molar-refractivity contribution is 7.99. The summed E-state index contributed by atoms with van der Waals surface area (Å²) in [5.74, 6) is 0.987. The largest absolute Gasteiger partial charge is 0.497 e. The van der Waals surface area contributed by atoms with Gasteiger partial charge in [-0.2, -0.15) is 0 Å². The Balaban J connectivity index is 1.86. The summed E-state index contributed by atoms with van der Waals surface area (Å²) >= 11 is 0.962. The highest BCUT2D eigenvalue weighted by Crippen LogP contribution is 2.35. The maximum atomic E-state index is 11.2. The van der Waals surface area contributed by atoms with Gasteiger partial charge in [-0.1, -0.05) is 6.07 Å². The van der Waals surface area contributed by atoms with Crippen LogP contribution in [0.1, 0.15) is 10.4 Å². The average molecular weight is 357 g/mol. The van der Waals surface area contributed by atoms with Crippen LogP contribution in [0.25, 0.3) is 11.5 Å². The minimum atomic E-state index is -0.559. The summed E-state index contributed by atoms with van der Waals surface area (Å²) in [6.45, 7) is 0. The molecule has 0 saturated carbocycles.